The van der Waals surface area contributed by atoms with Crippen LogP contribution in [0.1, 0.15) is 48.0 Å². The Morgan fingerprint density at radius 2 is 1.61 bits per heavy atom. The fourth-order valence-electron chi connectivity index (χ4n) is 5.87. The maximum atomic E-state index is 14.1. The van der Waals surface area contributed by atoms with E-state index in [-0.39, 0.29) is 24.7 Å². The molecule has 224 valence electrons. The van der Waals surface area contributed by atoms with Crippen molar-refractivity contribution in [3.8, 4) is 5.75 Å². The van der Waals surface area contributed by atoms with Crippen LogP contribution in [0.5, 0.6) is 5.75 Å². The van der Waals surface area contributed by atoms with Gasteiger partial charge in [-0.1, -0.05) is 23.7 Å². The average Bonchev–Trinajstić information content (AvgIpc) is 2.96. The lowest BCUT2D eigenvalue weighted by Crippen LogP contribution is -2.57. The number of halogens is 4. The number of methoxy groups -OCH3 is 1. The first kappa shape index (κ1) is 31.0. The monoisotopic (exact) mass is 595 g/mol. The van der Waals surface area contributed by atoms with Gasteiger partial charge in [0.1, 0.15) is 5.75 Å². The number of benzene rings is 2. The van der Waals surface area contributed by atoms with Crippen LogP contribution < -0.4 is 9.64 Å². The molecule has 2 aliphatic rings. The minimum Gasteiger partial charge on any atom is -0.497 e. The number of anilines is 1. The highest BCUT2D eigenvalue weighted by Gasteiger charge is 2.62. The molecule has 1 atom stereocenters. The Balaban J connectivity index is 1.31. The van der Waals surface area contributed by atoms with Crippen LogP contribution in [0.15, 0.2) is 42.5 Å². The number of aliphatic hydroxyl groups is 1. The zero-order chi connectivity index (χ0) is 29.9. The molecule has 7 nitrogen and oxygen atoms in total. The number of rotatable bonds is 7. The molecule has 0 aliphatic carbocycles. The molecule has 1 N–H and O–H groups in total. The van der Waals surface area contributed by atoms with E-state index in [2.05, 4.69) is 4.90 Å². The highest BCUT2D eigenvalue weighted by atomic mass is 35.5. The quantitative estimate of drug-likeness (QED) is 0.468. The fraction of sp³-hybridized carbons (Fsp3) is 0.533. The zero-order valence-electron chi connectivity index (χ0n) is 23.6. The van der Waals surface area contributed by atoms with Crippen LogP contribution in [0.4, 0.5) is 18.9 Å². The Kier molecular flexibility index (Phi) is 9.43. The first-order valence-corrected chi connectivity index (χ1v) is 14.2. The molecule has 0 aromatic heterocycles. The summed E-state index contributed by atoms with van der Waals surface area (Å²) in [5, 5.41) is 11.2. The van der Waals surface area contributed by atoms with E-state index in [4.69, 9.17) is 16.3 Å². The summed E-state index contributed by atoms with van der Waals surface area (Å²) in [6.45, 7) is 2.03. The van der Waals surface area contributed by atoms with Crippen LogP contribution in [0.25, 0.3) is 0 Å². The number of nitrogens with zero attached hydrogens (tertiary/aromatic N) is 3. The van der Waals surface area contributed by atoms with Crippen molar-refractivity contribution in [1.29, 1.82) is 0 Å². The Labute approximate surface area is 243 Å². The van der Waals surface area contributed by atoms with Gasteiger partial charge in [0.15, 0.2) is 0 Å². The lowest BCUT2D eigenvalue weighted by atomic mass is 9.82. The molecule has 2 saturated heterocycles. The molecule has 0 saturated carbocycles. The van der Waals surface area contributed by atoms with Crippen LogP contribution in [0.3, 0.4) is 0 Å². The molecule has 0 radical (unpaired) electrons. The minimum atomic E-state index is -5.19. The molecule has 2 amide bonds. The Morgan fingerprint density at radius 3 is 2.15 bits per heavy atom. The van der Waals surface area contributed by atoms with E-state index in [0.29, 0.717) is 35.3 Å². The molecular formula is C30H37ClF3N3O4. The van der Waals surface area contributed by atoms with Crippen molar-refractivity contribution in [2.45, 2.75) is 43.9 Å². The number of hydrogen-bond donors (Lipinski definition) is 1. The molecule has 2 aliphatic heterocycles. The van der Waals surface area contributed by atoms with Crippen molar-refractivity contribution >= 4 is 29.1 Å². The molecule has 2 fully saturated rings. The second kappa shape index (κ2) is 12.5. The van der Waals surface area contributed by atoms with Gasteiger partial charge < -0.3 is 24.5 Å². The number of hydrogen-bond acceptors (Lipinski definition) is 5. The van der Waals surface area contributed by atoms with E-state index in [9.17, 15) is 27.9 Å². The Hall–Kier alpha value is -2.98. The maximum absolute atomic E-state index is 14.1. The summed E-state index contributed by atoms with van der Waals surface area (Å²) in [7, 11) is 4.68. The summed E-state index contributed by atoms with van der Waals surface area (Å²) >= 11 is 6.39. The van der Waals surface area contributed by atoms with Gasteiger partial charge in [-0.3, -0.25) is 9.59 Å². The number of carbonyl (C=O) groups is 2. The zero-order valence-corrected chi connectivity index (χ0v) is 24.3. The van der Waals surface area contributed by atoms with Crippen LogP contribution in [0, 0.1) is 11.8 Å². The summed E-state index contributed by atoms with van der Waals surface area (Å²) in [4.78, 5) is 30.3. The molecule has 11 heteroatoms. The van der Waals surface area contributed by atoms with Gasteiger partial charge in [0, 0.05) is 51.5 Å². The Morgan fingerprint density at radius 1 is 1.00 bits per heavy atom. The van der Waals surface area contributed by atoms with Gasteiger partial charge in [0.05, 0.1) is 17.7 Å². The highest BCUT2D eigenvalue weighted by Crippen LogP contribution is 2.42. The van der Waals surface area contributed by atoms with Gasteiger partial charge >= 0.3 is 6.18 Å². The summed E-state index contributed by atoms with van der Waals surface area (Å²) in [6.07, 6.45) is -1.11. The topological polar surface area (TPSA) is 73.3 Å². The summed E-state index contributed by atoms with van der Waals surface area (Å²) in [5.41, 5.74) is -2.74. The number of amides is 2. The van der Waals surface area contributed by atoms with E-state index < -0.39 is 23.2 Å². The predicted octanol–water partition coefficient (Wildman–Crippen LogP) is 5.35. The number of alkyl halides is 3. The standard InChI is InChI=1S/C30H37ClF3N3O4/c1-35(2)27(38)25-8-7-23(19-26(25)31)36-13-9-20(10-14-36)17-21-11-15-37(16-12-21)28(39)29(40,30(32,33)34)22-5-4-6-24(18-22)41-3/h4-8,18-21,40H,9-17H2,1-3H3/t29-/m0/s1. The van der Waals surface area contributed by atoms with Crippen LogP contribution in [-0.4, -0.2) is 80.3 Å². The van der Waals surface area contributed by atoms with Crippen LogP contribution in [-0.2, 0) is 10.4 Å². The smallest absolute Gasteiger partial charge is 0.430 e. The third-order valence-corrected chi connectivity index (χ3v) is 8.66. The number of likely N-dealkylation sites (tertiary alicyclic amines) is 1. The van der Waals surface area contributed by atoms with E-state index in [1.807, 2.05) is 12.1 Å². The molecule has 2 aromatic carbocycles. The molecule has 0 unspecified atom stereocenters. The average molecular weight is 596 g/mol. The number of piperidine rings is 2. The third-order valence-electron chi connectivity index (χ3n) is 8.34. The molecule has 0 spiro atoms. The highest BCUT2D eigenvalue weighted by molar-refractivity contribution is 6.34. The molecular weight excluding hydrogens is 559 g/mol. The van der Waals surface area contributed by atoms with Crippen molar-refractivity contribution in [2.24, 2.45) is 11.8 Å². The second-order valence-electron chi connectivity index (χ2n) is 11.2. The fourth-order valence-corrected chi connectivity index (χ4v) is 6.13. The number of carbonyl (C=O) groups excluding carboxylic acids is 2. The molecule has 2 heterocycles. The third kappa shape index (κ3) is 6.59. The molecule has 2 aromatic rings. The van der Waals surface area contributed by atoms with E-state index >= 15 is 0 Å². The van der Waals surface area contributed by atoms with Gasteiger partial charge in [-0.25, -0.2) is 0 Å². The van der Waals surface area contributed by atoms with Crippen LogP contribution in [0.2, 0.25) is 5.02 Å². The van der Waals surface area contributed by atoms with Gasteiger partial charge in [0.25, 0.3) is 17.4 Å². The van der Waals surface area contributed by atoms with Gasteiger partial charge in [-0.15, -0.1) is 0 Å². The largest absolute Gasteiger partial charge is 0.497 e. The summed E-state index contributed by atoms with van der Waals surface area (Å²) in [5.74, 6) is -0.578. The minimum absolute atomic E-state index is 0.127. The normalized spacial score (nSPS) is 18.6. The maximum Gasteiger partial charge on any atom is 0.430 e. The van der Waals surface area contributed by atoms with Crippen molar-refractivity contribution in [3.05, 3.63) is 58.6 Å². The SMILES string of the molecule is COc1cccc([C@](O)(C(=O)N2CCC(CC3CCN(c4ccc(C(=O)N(C)C)c(Cl)c4)CC3)CC2)C(F)(F)F)c1. The van der Waals surface area contributed by atoms with Gasteiger partial charge in [-0.05, 0) is 74.3 Å². The second-order valence-corrected chi connectivity index (χ2v) is 11.6. The van der Waals surface area contributed by atoms with Gasteiger partial charge in [0.2, 0.25) is 0 Å². The summed E-state index contributed by atoms with van der Waals surface area (Å²) in [6, 6.07) is 10.4. The molecule has 41 heavy (non-hydrogen) atoms. The first-order chi connectivity index (χ1) is 19.3. The summed E-state index contributed by atoms with van der Waals surface area (Å²) < 4.78 is 47.3. The molecule has 4 rings (SSSR count). The van der Waals surface area contributed by atoms with E-state index in [1.165, 1.54) is 24.1 Å². The lowest BCUT2D eigenvalue weighted by Gasteiger charge is -2.40. The van der Waals surface area contributed by atoms with Crippen molar-refractivity contribution in [2.75, 3.05) is 52.3 Å². The lowest BCUT2D eigenvalue weighted by molar-refractivity contribution is -0.262. The van der Waals surface area contributed by atoms with Crippen molar-refractivity contribution in [3.63, 3.8) is 0 Å². The molecule has 0 bridgehead atoms. The Bertz CT molecular complexity index is 1240. The van der Waals surface area contributed by atoms with Crippen LogP contribution >= 0.6 is 11.6 Å². The van der Waals surface area contributed by atoms with Crippen molar-refractivity contribution in [1.82, 2.24) is 9.80 Å². The van der Waals surface area contributed by atoms with Gasteiger partial charge in [-0.2, -0.15) is 13.2 Å². The number of ether oxygens (including phenoxy) is 1. The predicted molar refractivity (Wildman–Crippen MR) is 151 cm³/mol. The van der Waals surface area contributed by atoms with E-state index in [0.717, 1.165) is 55.1 Å². The first-order valence-electron chi connectivity index (χ1n) is 13.8. The van der Waals surface area contributed by atoms with E-state index in [1.54, 1.807) is 20.2 Å². The van der Waals surface area contributed by atoms with Crippen molar-refractivity contribution < 1.29 is 32.6 Å².